The lowest BCUT2D eigenvalue weighted by Gasteiger charge is -2.22. The summed E-state index contributed by atoms with van der Waals surface area (Å²) in [6, 6.07) is 1.95. The van der Waals surface area contributed by atoms with E-state index in [1.165, 1.54) is 6.20 Å². The van der Waals surface area contributed by atoms with Crippen LogP contribution < -0.4 is 5.73 Å². The van der Waals surface area contributed by atoms with Gasteiger partial charge in [0.1, 0.15) is 5.82 Å². The van der Waals surface area contributed by atoms with Gasteiger partial charge in [0.05, 0.1) is 10.6 Å². The number of nitrogens with two attached hydrogens (primary N) is 1. The highest BCUT2D eigenvalue weighted by molar-refractivity contribution is 6.33. The van der Waals surface area contributed by atoms with E-state index in [0.29, 0.717) is 22.4 Å². The van der Waals surface area contributed by atoms with Crippen molar-refractivity contribution in [2.24, 2.45) is 0 Å². The van der Waals surface area contributed by atoms with Crippen molar-refractivity contribution in [1.82, 2.24) is 9.88 Å². The fourth-order valence-corrected chi connectivity index (χ4v) is 2.12. The molecule has 0 radical (unpaired) electrons. The van der Waals surface area contributed by atoms with Crippen molar-refractivity contribution in [3.05, 3.63) is 22.8 Å². The number of amides is 1. The SMILES string of the molecule is CCCCN(C(=O)c1cc(N)ncc1Cl)C1CC1. The standard InChI is InChI=1S/C13H18ClN3O/c1-2-3-6-17(9-4-5-9)13(18)10-7-12(15)16-8-11(10)14/h7-9H,2-6H2,1H3,(H2,15,16). The van der Waals surface area contributed by atoms with Gasteiger partial charge in [-0.15, -0.1) is 0 Å². The van der Waals surface area contributed by atoms with Crippen molar-refractivity contribution in [3.63, 3.8) is 0 Å². The summed E-state index contributed by atoms with van der Waals surface area (Å²) in [6.45, 7) is 2.91. The molecular weight excluding hydrogens is 250 g/mol. The number of hydrogen-bond donors (Lipinski definition) is 1. The summed E-state index contributed by atoms with van der Waals surface area (Å²) in [4.78, 5) is 18.3. The lowest BCUT2D eigenvalue weighted by atomic mass is 10.2. The first kappa shape index (κ1) is 13.1. The molecule has 1 aliphatic rings. The first-order valence-corrected chi connectivity index (χ1v) is 6.73. The normalized spacial score (nSPS) is 14.6. The molecule has 1 amide bonds. The second-order valence-corrected chi connectivity index (χ2v) is 5.08. The number of pyridine rings is 1. The fraction of sp³-hybridized carbons (Fsp3) is 0.538. The molecule has 2 N–H and O–H groups in total. The highest BCUT2D eigenvalue weighted by atomic mass is 35.5. The number of nitrogen functional groups attached to an aromatic ring is 1. The van der Waals surface area contributed by atoms with Crippen LogP contribution in [0.3, 0.4) is 0 Å². The maximum atomic E-state index is 12.5. The third-order valence-electron chi connectivity index (χ3n) is 3.11. The van der Waals surface area contributed by atoms with Crippen LogP contribution in [0.4, 0.5) is 5.82 Å². The van der Waals surface area contributed by atoms with Crippen molar-refractivity contribution in [1.29, 1.82) is 0 Å². The van der Waals surface area contributed by atoms with Gasteiger partial charge in [0, 0.05) is 18.8 Å². The number of unbranched alkanes of at least 4 members (excludes halogenated alkanes) is 1. The van der Waals surface area contributed by atoms with Crippen LogP contribution in [0.15, 0.2) is 12.3 Å². The first-order chi connectivity index (χ1) is 8.63. The maximum Gasteiger partial charge on any atom is 0.255 e. The molecule has 0 atom stereocenters. The summed E-state index contributed by atoms with van der Waals surface area (Å²) in [6.07, 6.45) is 5.71. The van der Waals surface area contributed by atoms with Gasteiger partial charge in [0.2, 0.25) is 0 Å². The number of carbonyl (C=O) groups is 1. The van der Waals surface area contributed by atoms with Crippen molar-refractivity contribution in [3.8, 4) is 0 Å². The lowest BCUT2D eigenvalue weighted by molar-refractivity contribution is 0.0741. The molecule has 2 rings (SSSR count). The van der Waals surface area contributed by atoms with E-state index >= 15 is 0 Å². The molecule has 1 aromatic rings. The predicted octanol–water partition coefficient (Wildman–Crippen LogP) is 2.72. The summed E-state index contributed by atoms with van der Waals surface area (Å²) in [5.74, 6) is 0.305. The van der Waals surface area contributed by atoms with Crippen LogP contribution in [0.25, 0.3) is 0 Å². The third kappa shape index (κ3) is 2.93. The Kier molecular flexibility index (Phi) is 4.07. The predicted molar refractivity (Wildman–Crippen MR) is 72.6 cm³/mol. The fourth-order valence-electron chi connectivity index (χ4n) is 1.94. The van der Waals surface area contributed by atoms with E-state index in [-0.39, 0.29) is 5.91 Å². The number of hydrogen-bond acceptors (Lipinski definition) is 3. The van der Waals surface area contributed by atoms with Gasteiger partial charge in [-0.05, 0) is 25.3 Å². The molecule has 0 aromatic carbocycles. The van der Waals surface area contributed by atoms with E-state index in [1.807, 2.05) is 4.90 Å². The summed E-state index contributed by atoms with van der Waals surface area (Å²) < 4.78 is 0. The van der Waals surface area contributed by atoms with Crippen LogP contribution in [0.2, 0.25) is 5.02 Å². The Morgan fingerprint density at radius 2 is 2.33 bits per heavy atom. The molecule has 1 fully saturated rings. The van der Waals surface area contributed by atoms with Crippen molar-refractivity contribution in [2.45, 2.75) is 38.6 Å². The van der Waals surface area contributed by atoms with Crippen LogP contribution in [-0.4, -0.2) is 28.4 Å². The molecule has 1 saturated carbocycles. The van der Waals surface area contributed by atoms with Crippen LogP contribution in [0, 0.1) is 0 Å². The molecule has 5 heteroatoms. The van der Waals surface area contributed by atoms with E-state index in [1.54, 1.807) is 6.07 Å². The zero-order valence-electron chi connectivity index (χ0n) is 10.5. The third-order valence-corrected chi connectivity index (χ3v) is 3.41. The molecule has 0 bridgehead atoms. The van der Waals surface area contributed by atoms with Crippen molar-refractivity contribution >= 4 is 23.3 Å². The lowest BCUT2D eigenvalue weighted by Crippen LogP contribution is -2.34. The average Bonchev–Trinajstić information content (AvgIpc) is 3.17. The van der Waals surface area contributed by atoms with Gasteiger partial charge < -0.3 is 10.6 Å². The molecule has 1 aliphatic carbocycles. The van der Waals surface area contributed by atoms with Gasteiger partial charge in [-0.3, -0.25) is 4.79 Å². The number of anilines is 1. The summed E-state index contributed by atoms with van der Waals surface area (Å²) in [5, 5.41) is 0.372. The van der Waals surface area contributed by atoms with E-state index in [9.17, 15) is 4.79 Å². The number of nitrogens with zero attached hydrogens (tertiary/aromatic N) is 2. The van der Waals surface area contributed by atoms with Crippen LogP contribution in [0.1, 0.15) is 43.0 Å². The monoisotopic (exact) mass is 267 g/mol. The van der Waals surface area contributed by atoms with Gasteiger partial charge in [0.15, 0.2) is 0 Å². The van der Waals surface area contributed by atoms with E-state index in [2.05, 4.69) is 11.9 Å². The van der Waals surface area contributed by atoms with E-state index < -0.39 is 0 Å². The number of carbonyl (C=O) groups excluding carboxylic acids is 1. The second kappa shape index (κ2) is 5.57. The Balaban J connectivity index is 2.19. The molecule has 1 aromatic heterocycles. The Labute approximate surface area is 112 Å². The highest BCUT2D eigenvalue weighted by Crippen LogP contribution is 2.30. The molecule has 18 heavy (non-hydrogen) atoms. The molecular formula is C13H18ClN3O. The maximum absolute atomic E-state index is 12.5. The van der Waals surface area contributed by atoms with Crippen molar-refractivity contribution < 1.29 is 4.79 Å². The topological polar surface area (TPSA) is 59.2 Å². The van der Waals surface area contributed by atoms with E-state index in [4.69, 9.17) is 17.3 Å². The minimum atomic E-state index is -0.0231. The Bertz CT molecular complexity index is 446. The first-order valence-electron chi connectivity index (χ1n) is 6.35. The molecule has 0 unspecified atom stereocenters. The van der Waals surface area contributed by atoms with E-state index in [0.717, 1.165) is 32.2 Å². The molecule has 4 nitrogen and oxygen atoms in total. The van der Waals surface area contributed by atoms with Gasteiger partial charge >= 0.3 is 0 Å². The van der Waals surface area contributed by atoms with Crippen LogP contribution in [-0.2, 0) is 0 Å². The van der Waals surface area contributed by atoms with Crippen LogP contribution in [0.5, 0.6) is 0 Å². The highest BCUT2D eigenvalue weighted by Gasteiger charge is 2.33. The van der Waals surface area contributed by atoms with Gasteiger partial charge in [-0.1, -0.05) is 24.9 Å². The van der Waals surface area contributed by atoms with Crippen LogP contribution >= 0.6 is 11.6 Å². The quantitative estimate of drug-likeness (QED) is 0.892. The second-order valence-electron chi connectivity index (χ2n) is 4.67. The smallest absolute Gasteiger partial charge is 0.255 e. The molecule has 0 spiro atoms. The van der Waals surface area contributed by atoms with Gasteiger partial charge in [-0.2, -0.15) is 0 Å². The zero-order valence-corrected chi connectivity index (χ0v) is 11.3. The van der Waals surface area contributed by atoms with Gasteiger partial charge in [0.25, 0.3) is 5.91 Å². The minimum absolute atomic E-state index is 0.0231. The summed E-state index contributed by atoms with van der Waals surface area (Å²) in [5.41, 5.74) is 6.08. The largest absolute Gasteiger partial charge is 0.384 e. The number of aromatic nitrogens is 1. The number of rotatable bonds is 5. The molecule has 98 valence electrons. The zero-order chi connectivity index (χ0) is 13.1. The van der Waals surface area contributed by atoms with Crippen molar-refractivity contribution in [2.75, 3.05) is 12.3 Å². The Morgan fingerprint density at radius 3 is 2.94 bits per heavy atom. The molecule has 1 heterocycles. The minimum Gasteiger partial charge on any atom is -0.384 e. The summed E-state index contributed by atoms with van der Waals surface area (Å²) in [7, 11) is 0. The molecule has 0 saturated heterocycles. The average molecular weight is 268 g/mol. The number of halogens is 1. The van der Waals surface area contributed by atoms with Gasteiger partial charge in [-0.25, -0.2) is 4.98 Å². The summed E-state index contributed by atoms with van der Waals surface area (Å²) >= 11 is 6.03. The Morgan fingerprint density at radius 1 is 1.61 bits per heavy atom. The Hall–Kier alpha value is -1.29. The molecule has 0 aliphatic heterocycles.